The highest BCUT2D eigenvalue weighted by molar-refractivity contribution is 6.04. The van der Waals surface area contributed by atoms with Crippen LogP contribution >= 0.6 is 0 Å². The first-order valence-electron chi connectivity index (χ1n) is 10.7. The van der Waals surface area contributed by atoms with E-state index in [0.29, 0.717) is 16.7 Å². The van der Waals surface area contributed by atoms with Crippen LogP contribution in [-0.4, -0.2) is 35.5 Å². The molecule has 0 aliphatic carbocycles. The van der Waals surface area contributed by atoms with Crippen LogP contribution in [0.15, 0.2) is 52.2 Å². The van der Waals surface area contributed by atoms with E-state index in [1.54, 1.807) is 44.4 Å². The molecule has 2 atom stereocenters. The zero-order valence-corrected chi connectivity index (χ0v) is 19.5. The second-order valence-electron chi connectivity index (χ2n) is 8.08. The first-order chi connectivity index (χ1) is 17.3. The molecule has 2 unspecified atom stereocenters. The van der Waals surface area contributed by atoms with Gasteiger partial charge in [0, 0.05) is 37.7 Å². The van der Waals surface area contributed by atoms with Crippen molar-refractivity contribution in [3.05, 3.63) is 87.2 Å². The first-order valence-corrected chi connectivity index (χ1v) is 10.7. The Balaban J connectivity index is 1.91. The summed E-state index contributed by atoms with van der Waals surface area (Å²) in [6.45, 7) is 1.76. The van der Waals surface area contributed by atoms with Gasteiger partial charge in [-0.1, -0.05) is 30.3 Å². The number of rotatable bonds is 6. The fraction of sp³-hybridized carbons (Fsp3) is 0.208. The standard InChI is InChI=1S/C24H20N8O4/c1-13(19(16-7-5-4-6-14(16)8-25)17-11-31(2)30-18(17)9-26)22-29-20(21(33)24(35)32(22)3)23(34)28-15-10-27-36-12-15/h4-7,10-13,19,33H,1-3H3,(H,28,34). The second-order valence-corrected chi connectivity index (χ2v) is 8.08. The Morgan fingerprint density at radius 3 is 2.61 bits per heavy atom. The molecule has 0 fully saturated rings. The monoisotopic (exact) mass is 484 g/mol. The maximum atomic E-state index is 12.9. The van der Waals surface area contributed by atoms with E-state index in [0.717, 1.165) is 4.57 Å². The van der Waals surface area contributed by atoms with Crippen LogP contribution in [0.3, 0.4) is 0 Å². The van der Waals surface area contributed by atoms with Crippen molar-refractivity contribution in [2.75, 3.05) is 5.32 Å². The van der Waals surface area contributed by atoms with Crippen molar-refractivity contribution in [1.29, 1.82) is 10.5 Å². The van der Waals surface area contributed by atoms with Crippen molar-refractivity contribution in [2.24, 2.45) is 14.1 Å². The second kappa shape index (κ2) is 9.56. The Bertz CT molecular complexity index is 1590. The van der Waals surface area contributed by atoms with Crippen LogP contribution in [0.4, 0.5) is 5.69 Å². The number of aromatic hydroxyl groups is 1. The lowest BCUT2D eigenvalue weighted by molar-refractivity contribution is 0.101. The number of benzene rings is 1. The van der Waals surface area contributed by atoms with Gasteiger partial charge < -0.3 is 14.9 Å². The van der Waals surface area contributed by atoms with Gasteiger partial charge in [0.05, 0.1) is 17.8 Å². The van der Waals surface area contributed by atoms with E-state index in [-0.39, 0.29) is 17.2 Å². The van der Waals surface area contributed by atoms with Gasteiger partial charge in [0.15, 0.2) is 11.4 Å². The van der Waals surface area contributed by atoms with Gasteiger partial charge in [0.1, 0.15) is 23.8 Å². The highest BCUT2D eigenvalue weighted by Crippen LogP contribution is 2.40. The Hall–Kier alpha value is -5.23. The minimum absolute atomic E-state index is 0.149. The summed E-state index contributed by atoms with van der Waals surface area (Å²) in [6.07, 6.45) is 4.10. The van der Waals surface area contributed by atoms with Crippen molar-refractivity contribution in [2.45, 2.75) is 18.8 Å². The third-order valence-corrected chi connectivity index (χ3v) is 5.83. The molecular weight excluding hydrogens is 464 g/mol. The van der Waals surface area contributed by atoms with Gasteiger partial charge in [-0.2, -0.15) is 15.6 Å². The van der Waals surface area contributed by atoms with Crippen LogP contribution in [-0.2, 0) is 14.1 Å². The highest BCUT2D eigenvalue weighted by Gasteiger charge is 2.33. The number of anilines is 1. The maximum Gasteiger partial charge on any atom is 0.296 e. The third-order valence-electron chi connectivity index (χ3n) is 5.83. The topological polar surface area (TPSA) is 176 Å². The zero-order valence-electron chi connectivity index (χ0n) is 19.5. The Kier molecular flexibility index (Phi) is 6.35. The van der Waals surface area contributed by atoms with Gasteiger partial charge in [0.25, 0.3) is 11.5 Å². The Morgan fingerprint density at radius 2 is 1.94 bits per heavy atom. The molecule has 0 bridgehead atoms. The third kappa shape index (κ3) is 4.19. The van der Waals surface area contributed by atoms with Crippen LogP contribution in [0, 0.1) is 22.7 Å². The molecule has 180 valence electrons. The summed E-state index contributed by atoms with van der Waals surface area (Å²) >= 11 is 0. The molecule has 12 heteroatoms. The minimum Gasteiger partial charge on any atom is -0.501 e. The van der Waals surface area contributed by atoms with Crippen molar-refractivity contribution >= 4 is 11.6 Å². The number of amides is 1. The van der Waals surface area contributed by atoms with E-state index in [1.807, 2.05) is 0 Å². The SMILES string of the molecule is CC(c1nc(C(=O)Nc2cnoc2)c(O)c(=O)n1C)C(c1ccccc1C#N)c1cn(C)nc1C#N. The number of nitriles is 2. The first kappa shape index (κ1) is 23.9. The summed E-state index contributed by atoms with van der Waals surface area (Å²) in [4.78, 5) is 30.1. The summed E-state index contributed by atoms with van der Waals surface area (Å²) < 4.78 is 7.32. The van der Waals surface area contributed by atoms with Gasteiger partial charge in [-0.3, -0.25) is 18.8 Å². The Morgan fingerprint density at radius 1 is 1.19 bits per heavy atom. The lowest BCUT2D eigenvalue weighted by atomic mass is 9.79. The lowest BCUT2D eigenvalue weighted by Gasteiger charge is -2.26. The number of nitrogens with zero attached hydrogens (tertiary/aromatic N) is 7. The molecule has 1 aromatic carbocycles. The van der Waals surface area contributed by atoms with E-state index >= 15 is 0 Å². The molecule has 0 aliphatic heterocycles. The van der Waals surface area contributed by atoms with Crippen LogP contribution in [0.1, 0.15) is 57.5 Å². The van der Waals surface area contributed by atoms with Crippen LogP contribution < -0.4 is 10.9 Å². The molecule has 0 aliphatic rings. The number of aryl methyl sites for hydroxylation is 1. The molecule has 36 heavy (non-hydrogen) atoms. The summed E-state index contributed by atoms with van der Waals surface area (Å²) in [5.41, 5.74) is 0.531. The van der Waals surface area contributed by atoms with E-state index in [1.165, 1.54) is 24.2 Å². The van der Waals surface area contributed by atoms with E-state index < -0.39 is 34.7 Å². The Labute approximate surface area is 204 Å². The number of carbonyl (C=O) groups is 1. The predicted octanol–water partition coefficient (Wildman–Crippen LogP) is 2.14. The number of hydrogen-bond acceptors (Lipinski definition) is 9. The summed E-state index contributed by atoms with van der Waals surface area (Å²) in [5.74, 6) is -2.79. The average Bonchev–Trinajstić information content (AvgIpc) is 3.52. The molecule has 0 saturated heterocycles. The summed E-state index contributed by atoms with van der Waals surface area (Å²) in [5, 5.41) is 40.1. The molecule has 2 N–H and O–H groups in total. The molecule has 3 heterocycles. The van der Waals surface area contributed by atoms with Crippen LogP contribution in [0.2, 0.25) is 0 Å². The molecule has 1 amide bonds. The number of aromatic nitrogens is 5. The lowest BCUT2D eigenvalue weighted by Crippen LogP contribution is -2.29. The molecule has 4 aromatic rings. The smallest absolute Gasteiger partial charge is 0.296 e. The molecule has 0 saturated carbocycles. The molecule has 12 nitrogen and oxygen atoms in total. The van der Waals surface area contributed by atoms with E-state index in [9.17, 15) is 25.2 Å². The molecule has 0 radical (unpaired) electrons. The molecular formula is C24H20N8O4. The van der Waals surface area contributed by atoms with E-state index in [2.05, 4.69) is 37.2 Å². The highest BCUT2D eigenvalue weighted by atomic mass is 16.5. The largest absolute Gasteiger partial charge is 0.501 e. The van der Waals surface area contributed by atoms with Gasteiger partial charge in [-0.05, 0) is 11.6 Å². The van der Waals surface area contributed by atoms with Crippen molar-refractivity contribution in [1.82, 2.24) is 24.5 Å². The van der Waals surface area contributed by atoms with Crippen LogP contribution in [0.5, 0.6) is 5.75 Å². The summed E-state index contributed by atoms with van der Waals surface area (Å²) in [6, 6.07) is 11.1. The fourth-order valence-corrected chi connectivity index (χ4v) is 4.18. The van der Waals surface area contributed by atoms with Crippen molar-refractivity contribution in [3.8, 4) is 17.9 Å². The number of hydrogen-bond donors (Lipinski definition) is 2. The van der Waals surface area contributed by atoms with Crippen LogP contribution in [0.25, 0.3) is 0 Å². The number of carbonyl (C=O) groups excluding carboxylic acids is 1. The van der Waals surface area contributed by atoms with Crippen molar-refractivity contribution in [3.63, 3.8) is 0 Å². The molecule has 0 spiro atoms. The quantitative estimate of drug-likeness (QED) is 0.415. The molecule has 3 aromatic heterocycles. The predicted molar refractivity (Wildman–Crippen MR) is 125 cm³/mol. The van der Waals surface area contributed by atoms with Gasteiger partial charge in [0.2, 0.25) is 5.75 Å². The fourth-order valence-electron chi connectivity index (χ4n) is 4.18. The normalized spacial score (nSPS) is 12.4. The summed E-state index contributed by atoms with van der Waals surface area (Å²) in [7, 11) is 3.09. The van der Waals surface area contributed by atoms with Gasteiger partial charge in [-0.15, -0.1) is 0 Å². The van der Waals surface area contributed by atoms with Gasteiger partial charge in [-0.25, -0.2) is 4.98 Å². The van der Waals surface area contributed by atoms with Crippen molar-refractivity contribution < 1.29 is 14.4 Å². The maximum absolute atomic E-state index is 12.9. The van der Waals surface area contributed by atoms with Gasteiger partial charge >= 0.3 is 0 Å². The van der Waals surface area contributed by atoms with E-state index in [4.69, 9.17) is 0 Å². The number of nitrogens with one attached hydrogen (secondary N) is 1. The molecule has 4 rings (SSSR count). The average molecular weight is 484 g/mol. The zero-order chi connectivity index (χ0) is 26.0. The minimum atomic E-state index is -0.838.